The maximum atomic E-state index is 13.8. The first kappa shape index (κ1) is 21.9. The van der Waals surface area contributed by atoms with Crippen LogP contribution in [0.15, 0.2) is 67.0 Å². The Balaban J connectivity index is 1.70. The molecule has 2 amide bonds. The zero-order valence-corrected chi connectivity index (χ0v) is 18.1. The molecule has 1 N–H and O–H groups in total. The number of ether oxygens (including phenoxy) is 1. The van der Waals surface area contributed by atoms with Gasteiger partial charge in [0.2, 0.25) is 0 Å². The van der Waals surface area contributed by atoms with E-state index in [2.05, 4.69) is 10.3 Å². The second-order valence-electron chi connectivity index (χ2n) is 7.53. The summed E-state index contributed by atoms with van der Waals surface area (Å²) >= 11 is 5.99. The number of aryl methyl sites for hydroxylation is 1. The second-order valence-corrected chi connectivity index (χ2v) is 7.94. The molecule has 0 radical (unpaired) electrons. The zero-order chi connectivity index (χ0) is 22.7. The van der Waals surface area contributed by atoms with Crippen LogP contribution in [0.1, 0.15) is 22.7 Å². The number of hydrogen-bond donors (Lipinski definition) is 1. The van der Waals surface area contributed by atoms with Crippen molar-refractivity contribution in [2.75, 3.05) is 11.5 Å². The quantitative estimate of drug-likeness (QED) is 0.634. The largest absolute Gasteiger partial charge is 0.356 e. The third-order valence-electron chi connectivity index (χ3n) is 5.23. The van der Waals surface area contributed by atoms with Crippen molar-refractivity contribution in [2.45, 2.75) is 25.6 Å². The molecule has 0 saturated carbocycles. The summed E-state index contributed by atoms with van der Waals surface area (Å²) in [6.07, 6.45) is 2.34. The van der Waals surface area contributed by atoms with Crippen LogP contribution in [0, 0.1) is 12.7 Å². The van der Waals surface area contributed by atoms with Gasteiger partial charge in [0.25, 0.3) is 11.8 Å². The highest BCUT2D eigenvalue weighted by Gasteiger charge is 2.42. The molecule has 1 aromatic heterocycles. The molecule has 2 heterocycles. The molecule has 32 heavy (non-hydrogen) atoms. The number of rotatable bonds is 5. The number of nitrogens with zero attached hydrogens (tertiary/aromatic N) is 2. The van der Waals surface area contributed by atoms with Gasteiger partial charge in [0.15, 0.2) is 6.10 Å². The van der Waals surface area contributed by atoms with E-state index in [4.69, 9.17) is 16.3 Å². The van der Waals surface area contributed by atoms with Crippen molar-refractivity contribution in [3.05, 3.63) is 94.5 Å². The normalized spacial score (nSPS) is 18.5. The van der Waals surface area contributed by atoms with Gasteiger partial charge < -0.3 is 10.1 Å². The second kappa shape index (κ2) is 9.46. The van der Waals surface area contributed by atoms with E-state index in [0.717, 1.165) is 16.7 Å². The fraction of sp³-hybridized carbons (Fsp3) is 0.208. The van der Waals surface area contributed by atoms with Crippen LogP contribution in [0.25, 0.3) is 0 Å². The van der Waals surface area contributed by atoms with Gasteiger partial charge in [-0.25, -0.2) is 4.39 Å². The van der Waals surface area contributed by atoms with Crippen molar-refractivity contribution in [2.24, 2.45) is 0 Å². The minimum atomic E-state index is -0.977. The summed E-state index contributed by atoms with van der Waals surface area (Å²) < 4.78 is 19.5. The molecule has 0 unspecified atom stereocenters. The summed E-state index contributed by atoms with van der Waals surface area (Å²) in [6, 6.07) is 14.4. The molecule has 2 atom stereocenters. The van der Waals surface area contributed by atoms with E-state index in [1.807, 2.05) is 37.3 Å². The first-order valence-electron chi connectivity index (χ1n) is 10.1. The van der Waals surface area contributed by atoms with Crippen LogP contribution in [-0.4, -0.2) is 29.5 Å². The molecular formula is C24H21ClFN3O3. The van der Waals surface area contributed by atoms with E-state index in [9.17, 15) is 14.0 Å². The Hall–Kier alpha value is -3.29. The highest BCUT2D eigenvalue weighted by Crippen LogP contribution is 2.36. The van der Waals surface area contributed by atoms with Crippen molar-refractivity contribution in [1.29, 1.82) is 0 Å². The lowest BCUT2D eigenvalue weighted by atomic mass is 9.95. The molecule has 0 aliphatic carbocycles. The Bertz CT molecular complexity index is 1140. The number of anilines is 1. The van der Waals surface area contributed by atoms with Gasteiger partial charge in [0.05, 0.1) is 11.1 Å². The number of amides is 2. The number of carbonyl (C=O) groups excluding carboxylic acids is 2. The number of carbonyl (C=O) groups is 2. The Kier molecular flexibility index (Phi) is 6.48. The molecule has 1 aliphatic heterocycles. The van der Waals surface area contributed by atoms with Crippen LogP contribution in [-0.2, 0) is 20.9 Å². The Labute approximate surface area is 190 Å². The van der Waals surface area contributed by atoms with E-state index in [1.165, 1.54) is 23.1 Å². The number of pyridine rings is 1. The van der Waals surface area contributed by atoms with E-state index >= 15 is 0 Å². The highest BCUT2D eigenvalue weighted by molar-refractivity contribution is 6.31. The number of hydrogen-bond acceptors (Lipinski definition) is 4. The van der Waals surface area contributed by atoms with Gasteiger partial charge in [0.1, 0.15) is 12.4 Å². The molecule has 6 nitrogen and oxygen atoms in total. The molecule has 3 aromatic rings. The van der Waals surface area contributed by atoms with E-state index < -0.39 is 18.0 Å². The SMILES string of the molecule is Cc1cccc([C@@H]2[C@@H](C(=O)NCc3cccnc3)OCC(=O)N2c2ccc(F)c(Cl)c2)c1. The lowest BCUT2D eigenvalue weighted by Crippen LogP contribution is -2.54. The minimum absolute atomic E-state index is 0.109. The van der Waals surface area contributed by atoms with Crippen LogP contribution in [0.3, 0.4) is 0 Å². The van der Waals surface area contributed by atoms with Crippen LogP contribution in [0.5, 0.6) is 0 Å². The van der Waals surface area contributed by atoms with Crippen LogP contribution < -0.4 is 10.2 Å². The van der Waals surface area contributed by atoms with Gasteiger partial charge in [-0.05, 0) is 42.3 Å². The molecule has 1 saturated heterocycles. The summed E-state index contributed by atoms with van der Waals surface area (Å²) in [5.41, 5.74) is 2.91. The molecule has 1 aliphatic rings. The predicted octanol–water partition coefficient (Wildman–Crippen LogP) is 3.97. The number of halogens is 2. The molecule has 8 heteroatoms. The van der Waals surface area contributed by atoms with E-state index in [0.29, 0.717) is 5.69 Å². The first-order chi connectivity index (χ1) is 15.4. The maximum absolute atomic E-state index is 13.8. The van der Waals surface area contributed by atoms with E-state index in [1.54, 1.807) is 18.5 Å². The molecule has 0 bridgehead atoms. The monoisotopic (exact) mass is 453 g/mol. The fourth-order valence-corrected chi connectivity index (χ4v) is 3.92. The molecule has 1 fully saturated rings. The summed E-state index contributed by atoms with van der Waals surface area (Å²) in [7, 11) is 0. The minimum Gasteiger partial charge on any atom is -0.356 e. The zero-order valence-electron chi connectivity index (χ0n) is 17.3. The van der Waals surface area contributed by atoms with Crippen LogP contribution >= 0.6 is 11.6 Å². The summed E-state index contributed by atoms with van der Waals surface area (Å²) in [5.74, 6) is -1.31. The Morgan fingerprint density at radius 3 is 2.81 bits per heavy atom. The van der Waals surface area contributed by atoms with Crippen LogP contribution in [0.4, 0.5) is 10.1 Å². The Morgan fingerprint density at radius 2 is 2.09 bits per heavy atom. The fourth-order valence-electron chi connectivity index (χ4n) is 3.74. The average Bonchev–Trinajstić information content (AvgIpc) is 2.80. The number of aromatic nitrogens is 1. The summed E-state index contributed by atoms with van der Waals surface area (Å²) in [4.78, 5) is 31.6. The number of morpholine rings is 1. The van der Waals surface area contributed by atoms with Gasteiger partial charge in [-0.2, -0.15) is 0 Å². The molecule has 4 rings (SSSR count). The standard InChI is InChI=1S/C24H21ClFN3O3/c1-15-4-2-6-17(10-15)22-23(24(31)28-13-16-5-3-9-27-12-16)32-14-21(30)29(22)18-7-8-20(26)19(25)11-18/h2-12,22-23H,13-14H2,1H3,(H,28,31)/t22-,23+/m1/s1. The highest BCUT2D eigenvalue weighted by atomic mass is 35.5. The molecule has 0 spiro atoms. The van der Waals surface area contributed by atoms with Gasteiger partial charge in [-0.3, -0.25) is 19.5 Å². The average molecular weight is 454 g/mol. The van der Waals surface area contributed by atoms with Gasteiger partial charge in [-0.15, -0.1) is 0 Å². The third kappa shape index (κ3) is 4.64. The van der Waals surface area contributed by atoms with Crippen molar-refractivity contribution in [1.82, 2.24) is 10.3 Å². The number of benzene rings is 2. The number of nitrogens with one attached hydrogen (secondary N) is 1. The lowest BCUT2D eigenvalue weighted by molar-refractivity contribution is -0.144. The van der Waals surface area contributed by atoms with Gasteiger partial charge >= 0.3 is 0 Å². The van der Waals surface area contributed by atoms with Crippen LogP contribution in [0.2, 0.25) is 5.02 Å². The lowest BCUT2D eigenvalue weighted by Gasteiger charge is -2.40. The molecule has 164 valence electrons. The Morgan fingerprint density at radius 1 is 1.25 bits per heavy atom. The third-order valence-corrected chi connectivity index (χ3v) is 5.52. The maximum Gasteiger partial charge on any atom is 0.253 e. The van der Waals surface area contributed by atoms with Crippen molar-refractivity contribution < 1.29 is 18.7 Å². The van der Waals surface area contributed by atoms with Crippen molar-refractivity contribution >= 4 is 29.1 Å². The smallest absolute Gasteiger partial charge is 0.253 e. The predicted molar refractivity (Wildman–Crippen MR) is 119 cm³/mol. The van der Waals surface area contributed by atoms with Gasteiger partial charge in [0, 0.05) is 24.6 Å². The van der Waals surface area contributed by atoms with Crippen molar-refractivity contribution in [3.63, 3.8) is 0 Å². The first-order valence-corrected chi connectivity index (χ1v) is 10.4. The molecule has 2 aromatic carbocycles. The van der Waals surface area contributed by atoms with Gasteiger partial charge in [-0.1, -0.05) is 47.5 Å². The summed E-state index contributed by atoms with van der Waals surface area (Å²) in [5, 5.41) is 2.75. The topological polar surface area (TPSA) is 71.5 Å². The molecular weight excluding hydrogens is 433 g/mol. The van der Waals surface area contributed by atoms with Crippen molar-refractivity contribution in [3.8, 4) is 0 Å². The van der Waals surface area contributed by atoms with E-state index in [-0.39, 0.29) is 30.0 Å². The summed E-state index contributed by atoms with van der Waals surface area (Å²) in [6.45, 7) is 1.90.